The van der Waals surface area contributed by atoms with Crippen LogP contribution in [0, 0.1) is 0 Å². The van der Waals surface area contributed by atoms with Gasteiger partial charge >= 0.3 is 0 Å². The maximum absolute atomic E-state index is 4.16. The highest BCUT2D eigenvalue weighted by atomic mass is 32.1. The molecule has 3 radical (unpaired) electrons. The second-order valence-electron chi connectivity index (χ2n) is 1.82. The molecule has 2 rings (SSSR count). The Morgan fingerprint density at radius 1 is 1.30 bits per heavy atom. The summed E-state index contributed by atoms with van der Waals surface area (Å²) in [5.74, 6) is 0. The van der Waals surface area contributed by atoms with Crippen LogP contribution in [-0.2, 0) is 0 Å². The fourth-order valence-electron chi connectivity index (χ4n) is 0.800. The van der Waals surface area contributed by atoms with E-state index in [1.54, 1.807) is 11.3 Å². The van der Waals surface area contributed by atoms with E-state index in [1.807, 2.05) is 12.3 Å². The monoisotopic (exact) mass is 149 g/mol. The van der Waals surface area contributed by atoms with Gasteiger partial charge in [0, 0.05) is 17.7 Å². The maximum atomic E-state index is 4.16. The molecule has 0 aliphatic rings. The number of pyridine rings is 1. The molecular weight excluding hydrogens is 144 g/mol. The Kier molecular flexibility index (Phi) is 1.99. The highest BCUT2D eigenvalue weighted by Crippen LogP contribution is 2.15. The Labute approximate surface area is 63.1 Å². The molecule has 0 aliphatic carbocycles. The van der Waals surface area contributed by atoms with Gasteiger partial charge in [0.2, 0.25) is 0 Å². The van der Waals surface area contributed by atoms with Crippen LogP contribution in [0.2, 0.25) is 0 Å². The van der Waals surface area contributed by atoms with Crippen molar-refractivity contribution in [3.05, 3.63) is 29.8 Å². The lowest BCUT2D eigenvalue weighted by atomic mass is 10.4. The quantitative estimate of drug-likeness (QED) is 0.563. The third-order valence-corrected chi connectivity index (χ3v) is 2.06. The zero-order valence-corrected chi connectivity index (χ0v) is 6.01. The van der Waals surface area contributed by atoms with Gasteiger partial charge in [0.1, 0.15) is 4.83 Å². The number of hydrogen-bond acceptors (Lipinski definition) is 2. The van der Waals surface area contributed by atoms with E-state index in [1.165, 1.54) is 5.39 Å². The summed E-state index contributed by atoms with van der Waals surface area (Å²) in [5.41, 5.74) is 0. The summed E-state index contributed by atoms with van der Waals surface area (Å²) in [5, 5.41) is 3.29. The van der Waals surface area contributed by atoms with E-state index in [0.717, 1.165) is 4.83 Å². The molecule has 49 valence electrons. The molecule has 0 saturated heterocycles. The maximum Gasteiger partial charge on any atom is 0.123 e. The Hall–Kier alpha value is -0.930. The molecule has 0 fully saturated rings. The fourth-order valence-corrected chi connectivity index (χ4v) is 1.54. The van der Waals surface area contributed by atoms with Crippen LogP contribution >= 0.6 is 11.3 Å². The van der Waals surface area contributed by atoms with Gasteiger partial charge < -0.3 is 0 Å². The van der Waals surface area contributed by atoms with Crippen LogP contribution in [0.3, 0.4) is 0 Å². The van der Waals surface area contributed by atoms with E-state index in [9.17, 15) is 0 Å². The number of nitrogens with zero attached hydrogens (tertiary/aromatic N) is 2. The summed E-state index contributed by atoms with van der Waals surface area (Å²) in [6, 6.07) is 6.10. The largest absolute Gasteiger partial charge is 0.245 e. The normalized spacial score (nSPS) is 9.20. The predicted molar refractivity (Wildman–Crippen MR) is 41.8 cm³/mol. The zero-order valence-electron chi connectivity index (χ0n) is 5.19. The zero-order chi connectivity index (χ0) is 6.10. The van der Waals surface area contributed by atoms with E-state index >= 15 is 0 Å². The van der Waals surface area contributed by atoms with Crippen molar-refractivity contribution in [3.8, 4) is 0 Å². The fraction of sp³-hybridized carbons (Fsp3) is 0. The van der Waals surface area contributed by atoms with E-state index in [0.29, 0.717) is 0 Å². The summed E-state index contributed by atoms with van der Waals surface area (Å²) >= 11 is 1.68. The third kappa shape index (κ3) is 1.01. The Bertz CT molecular complexity index is 286. The van der Waals surface area contributed by atoms with Gasteiger partial charge in [0.05, 0.1) is 0 Å². The van der Waals surface area contributed by atoms with Crippen molar-refractivity contribution in [1.82, 2.24) is 11.1 Å². The molecule has 0 bridgehead atoms. The molecule has 10 heavy (non-hydrogen) atoms. The Morgan fingerprint density at radius 2 is 2.20 bits per heavy atom. The summed E-state index contributed by atoms with van der Waals surface area (Å²) in [4.78, 5) is 5.28. The first-order valence-electron chi connectivity index (χ1n) is 2.75. The van der Waals surface area contributed by atoms with Gasteiger partial charge in [-0.25, -0.2) is 4.98 Å². The minimum atomic E-state index is 0. The van der Waals surface area contributed by atoms with Crippen molar-refractivity contribution in [2.24, 2.45) is 0 Å². The second-order valence-corrected chi connectivity index (χ2v) is 2.71. The lowest BCUT2D eigenvalue weighted by Gasteiger charge is -1.81. The summed E-state index contributed by atoms with van der Waals surface area (Å²) in [6.07, 6.45) is 1.82. The molecule has 0 N–H and O–H groups in total. The molecule has 0 unspecified atom stereocenters. The molecule has 0 aromatic carbocycles. The summed E-state index contributed by atoms with van der Waals surface area (Å²) in [7, 11) is 0. The highest BCUT2D eigenvalue weighted by Gasteiger charge is 1.89. The average Bonchev–Trinajstić information content (AvgIpc) is 2.33. The summed E-state index contributed by atoms with van der Waals surface area (Å²) in [6.45, 7) is 0. The molecule has 2 nitrogen and oxygen atoms in total. The van der Waals surface area contributed by atoms with Crippen LogP contribution in [-0.4, -0.2) is 4.98 Å². The molecule has 0 saturated carbocycles. The van der Waals surface area contributed by atoms with Gasteiger partial charge in [0.15, 0.2) is 0 Å². The van der Waals surface area contributed by atoms with Crippen molar-refractivity contribution in [2.45, 2.75) is 0 Å². The molecule has 0 spiro atoms. The molecule has 0 aliphatic heterocycles. The van der Waals surface area contributed by atoms with E-state index in [-0.39, 0.29) is 6.15 Å². The van der Waals surface area contributed by atoms with Crippen LogP contribution in [0.4, 0.5) is 0 Å². The lowest BCUT2D eigenvalue weighted by molar-refractivity contribution is 1.45. The van der Waals surface area contributed by atoms with E-state index < -0.39 is 0 Å². The van der Waals surface area contributed by atoms with Crippen molar-refractivity contribution >= 4 is 21.6 Å². The van der Waals surface area contributed by atoms with Gasteiger partial charge in [-0.15, -0.1) is 11.3 Å². The van der Waals surface area contributed by atoms with Crippen LogP contribution < -0.4 is 6.15 Å². The lowest BCUT2D eigenvalue weighted by Crippen LogP contribution is -1.65. The smallest absolute Gasteiger partial charge is 0.123 e. The van der Waals surface area contributed by atoms with Crippen molar-refractivity contribution in [2.75, 3.05) is 0 Å². The van der Waals surface area contributed by atoms with Crippen molar-refractivity contribution in [1.29, 1.82) is 0 Å². The van der Waals surface area contributed by atoms with Gasteiger partial charge in [0.25, 0.3) is 0 Å². The molecule has 3 heteroatoms. The summed E-state index contributed by atoms with van der Waals surface area (Å²) < 4.78 is 0. The van der Waals surface area contributed by atoms with Gasteiger partial charge in [-0.3, -0.25) is 0 Å². The van der Waals surface area contributed by atoms with Crippen LogP contribution in [0.15, 0.2) is 29.8 Å². The van der Waals surface area contributed by atoms with E-state index in [2.05, 4.69) is 22.5 Å². The first-order valence-corrected chi connectivity index (χ1v) is 3.63. The molecule has 2 aromatic rings. The molecule has 0 atom stereocenters. The first kappa shape index (κ1) is 7.18. The predicted octanol–water partition coefficient (Wildman–Crippen LogP) is 1.82. The number of rotatable bonds is 0. The standard InChI is InChI=1S/C7H5NS.N/c1-2-6-3-5-9-7(6)8-4-1;/h1-5H;. The van der Waals surface area contributed by atoms with Crippen LogP contribution in [0.25, 0.3) is 10.2 Å². The first-order chi connectivity index (χ1) is 4.47. The van der Waals surface area contributed by atoms with Crippen molar-refractivity contribution < 1.29 is 0 Å². The van der Waals surface area contributed by atoms with E-state index in [4.69, 9.17) is 0 Å². The Balaban J connectivity index is 0.000000500. The third-order valence-electron chi connectivity index (χ3n) is 1.23. The van der Waals surface area contributed by atoms with Gasteiger partial charge in [-0.05, 0) is 17.5 Å². The molecule has 0 amide bonds. The van der Waals surface area contributed by atoms with Gasteiger partial charge in [-0.1, -0.05) is 6.07 Å². The SMILES string of the molecule is [N].c1cnc2sccc2c1. The number of hydrogen-bond donors (Lipinski definition) is 0. The average molecular weight is 149 g/mol. The van der Waals surface area contributed by atoms with Crippen LogP contribution in [0.1, 0.15) is 0 Å². The highest BCUT2D eigenvalue weighted by molar-refractivity contribution is 7.16. The number of thiophene rings is 1. The second kappa shape index (κ2) is 2.77. The number of fused-ring (bicyclic) bond motifs is 1. The van der Waals surface area contributed by atoms with Crippen molar-refractivity contribution in [3.63, 3.8) is 0 Å². The molecular formula is C7H5N2S. The topological polar surface area (TPSA) is 43.4 Å². The minimum absolute atomic E-state index is 0. The molecule has 2 aromatic heterocycles. The number of aromatic nitrogens is 1. The Morgan fingerprint density at radius 3 is 3.00 bits per heavy atom. The van der Waals surface area contributed by atoms with Crippen LogP contribution in [0.5, 0.6) is 0 Å². The van der Waals surface area contributed by atoms with Gasteiger partial charge in [-0.2, -0.15) is 0 Å². The minimum Gasteiger partial charge on any atom is -0.245 e. The molecule has 2 heterocycles.